The van der Waals surface area contributed by atoms with Gasteiger partial charge in [-0.2, -0.15) is 0 Å². The molecule has 0 saturated heterocycles. The zero-order valence-electron chi connectivity index (χ0n) is 12.9. The van der Waals surface area contributed by atoms with Crippen LogP contribution in [0.3, 0.4) is 0 Å². The summed E-state index contributed by atoms with van der Waals surface area (Å²) in [5, 5.41) is 0. The Kier molecular flexibility index (Phi) is 7.51. The lowest BCUT2D eigenvalue weighted by atomic mass is 9.87. The summed E-state index contributed by atoms with van der Waals surface area (Å²) in [5.74, 6) is 7.02. The van der Waals surface area contributed by atoms with Gasteiger partial charge >= 0.3 is 0 Å². The van der Waals surface area contributed by atoms with Crippen molar-refractivity contribution in [2.75, 3.05) is 0 Å². The first-order valence-electron chi connectivity index (χ1n) is 7.57. The summed E-state index contributed by atoms with van der Waals surface area (Å²) in [6.45, 7) is 12.1. The Morgan fingerprint density at radius 2 is 2.20 bits per heavy atom. The van der Waals surface area contributed by atoms with Crippen molar-refractivity contribution < 1.29 is 0 Å². The molecule has 0 heteroatoms. The van der Waals surface area contributed by atoms with Gasteiger partial charge < -0.3 is 0 Å². The van der Waals surface area contributed by atoms with Crippen LogP contribution in [0.5, 0.6) is 0 Å². The van der Waals surface area contributed by atoms with E-state index < -0.39 is 0 Å². The second-order valence-electron chi connectivity index (χ2n) is 5.35. The highest BCUT2D eigenvalue weighted by Gasteiger charge is 2.11. The smallest absolute Gasteiger partial charge is 0.0177 e. The molecule has 0 amide bonds. The molecule has 0 aromatic carbocycles. The van der Waals surface area contributed by atoms with Crippen molar-refractivity contribution >= 4 is 0 Å². The lowest BCUT2D eigenvalue weighted by molar-refractivity contribution is 0.552. The molecular weight excluding hydrogens is 240 g/mol. The third-order valence-electron chi connectivity index (χ3n) is 3.62. The molecule has 1 atom stereocenters. The largest absolute Gasteiger partial charge is 0.0991 e. The number of hydrogen-bond donors (Lipinski definition) is 0. The number of allylic oxidation sites excluding steroid dienone is 8. The van der Waals surface area contributed by atoms with Gasteiger partial charge in [0.15, 0.2) is 0 Å². The number of unbranched alkanes of at least 4 members (excludes halogenated alkanes) is 1. The standard InChI is InChI=1S/C20H26/c1-5-7-9-17(3)11-12-19-13-15-20(16-14-19)18(4)10-8-6-2/h5,7,9,13,15,18H,1,3,6,8,10,14,16H2,2,4H3/b9-7-. The van der Waals surface area contributed by atoms with Crippen LogP contribution >= 0.6 is 0 Å². The van der Waals surface area contributed by atoms with Gasteiger partial charge in [0.2, 0.25) is 0 Å². The van der Waals surface area contributed by atoms with Gasteiger partial charge in [-0.15, -0.1) is 0 Å². The van der Waals surface area contributed by atoms with E-state index in [4.69, 9.17) is 0 Å². The molecule has 0 aromatic heterocycles. The first-order chi connectivity index (χ1) is 9.67. The minimum Gasteiger partial charge on any atom is -0.0991 e. The molecule has 0 aliphatic heterocycles. The van der Waals surface area contributed by atoms with Gasteiger partial charge in [0, 0.05) is 11.1 Å². The first-order valence-corrected chi connectivity index (χ1v) is 7.57. The Hall–Kier alpha value is -1.74. The van der Waals surface area contributed by atoms with Crippen LogP contribution in [0.1, 0.15) is 46.0 Å². The van der Waals surface area contributed by atoms with Gasteiger partial charge in [-0.1, -0.05) is 81.6 Å². The van der Waals surface area contributed by atoms with Crippen molar-refractivity contribution in [2.24, 2.45) is 5.92 Å². The summed E-state index contributed by atoms with van der Waals surface area (Å²) in [4.78, 5) is 0. The molecule has 0 fully saturated rings. The molecule has 1 rings (SSSR count). The highest BCUT2D eigenvalue weighted by molar-refractivity contribution is 5.44. The van der Waals surface area contributed by atoms with Crippen LogP contribution < -0.4 is 0 Å². The molecule has 0 spiro atoms. The second kappa shape index (κ2) is 9.21. The summed E-state index contributed by atoms with van der Waals surface area (Å²) < 4.78 is 0. The Labute approximate surface area is 124 Å². The maximum Gasteiger partial charge on any atom is 0.0177 e. The molecule has 1 aliphatic carbocycles. The van der Waals surface area contributed by atoms with Crippen LogP contribution in [-0.4, -0.2) is 0 Å². The molecule has 1 unspecified atom stereocenters. The minimum atomic E-state index is 0.714. The van der Waals surface area contributed by atoms with E-state index in [9.17, 15) is 0 Å². The van der Waals surface area contributed by atoms with Gasteiger partial charge in [0.1, 0.15) is 0 Å². The lowest BCUT2D eigenvalue weighted by Crippen LogP contribution is -2.03. The van der Waals surface area contributed by atoms with Gasteiger partial charge in [-0.05, 0) is 31.3 Å². The van der Waals surface area contributed by atoms with Gasteiger partial charge in [0.25, 0.3) is 0 Å². The molecule has 0 radical (unpaired) electrons. The van der Waals surface area contributed by atoms with E-state index in [1.165, 1.54) is 24.8 Å². The summed E-state index contributed by atoms with van der Waals surface area (Å²) in [6.07, 6.45) is 16.1. The summed E-state index contributed by atoms with van der Waals surface area (Å²) in [5.41, 5.74) is 3.62. The highest BCUT2D eigenvalue weighted by Crippen LogP contribution is 2.27. The average Bonchev–Trinajstić information content (AvgIpc) is 2.49. The summed E-state index contributed by atoms with van der Waals surface area (Å²) in [6, 6.07) is 0. The van der Waals surface area contributed by atoms with E-state index in [2.05, 4.69) is 51.0 Å². The van der Waals surface area contributed by atoms with E-state index in [-0.39, 0.29) is 0 Å². The van der Waals surface area contributed by atoms with Crippen molar-refractivity contribution in [1.82, 2.24) is 0 Å². The van der Waals surface area contributed by atoms with Crippen LogP contribution in [0.25, 0.3) is 0 Å². The molecule has 0 N–H and O–H groups in total. The average molecular weight is 266 g/mol. The molecule has 0 aromatic rings. The van der Waals surface area contributed by atoms with Crippen molar-refractivity contribution in [3.63, 3.8) is 0 Å². The van der Waals surface area contributed by atoms with Crippen molar-refractivity contribution in [2.45, 2.75) is 46.0 Å². The van der Waals surface area contributed by atoms with Gasteiger partial charge in [-0.25, -0.2) is 0 Å². The molecule has 0 bridgehead atoms. The number of hydrogen-bond acceptors (Lipinski definition) is 0. The van der Waals surface area contributed by atoms with Crippen molar-refractivity contribution in [3.8, 4) is 11.8 Å². The van der Waals surface area contributed by atoms with Gasteiger partial charge in [0.05, 0.1) is 0 Å². The summed E-state index contributed by atoms with van der Waals surface area (Å²) >= 11 is 0. The van der Waals surface area contributed by atoms with E-state index in [0.717, 1.165) is 18.4 Å². The minimum absolute atomic E-state index is 0.714. The quantitative estimate of drug-likeness (QED) is 0.423. The van der Waals surface area contributed by atoms with E-state index in [0.29, 0.717) is 5.92 Å². The number of rotatable bonds is 6. The fourth-order valence-corrected chi connectivity index (χ4v) is 2.25. The zero-order chi connectivity index (χ0) is 14.8. The van der Waals surface area contributed by atoms with Crippen molar-refractivity contribution in [3.05, 3.63) is 60.3 Å². The molecule has 20 heavy (non-hydrogen) atoms. The Morgan fingerprint density at radius 1 is 1.40 bits per heavy atom. The van der Waals surface area contributed by atoms with Crippen LogP contribution in [0.2, 0.25) is 0 Å². The molecule has 0 nitrogen and oxygen atoms in total. The zero-order valence-corrected chi connectivity index (χ0v) is 12.9. The van der Waals surface area contributed by atoms with Crippen LogP contribution in [0.4, 0.5) is 0 Å². The summed E-state index contributed by atoms with van der Waals surface area (Å²) in [7, 11) is 0. The molecule has 106 valence electrons. The Bertz CT molecular complexity index is 486. The maximum absolute atomic E-state index is 3.90. The van der Waals surface area contributed by atoms with Crippen LogP contribution in [0, 0.1) is 17.8 Å². The molecule has 0 saturated carbocycles. The second-order valence-corrected chi connectivity index (χ2v) is 5.35. The lowest BCUT2D eigenvalue weighted by Gasteiger charge is -2.18. The normalized spacial score (nSPS) is 15.9. The van der Waals surface area contributed by atoms with Crippen LogP contribution in [-0.2, 0) is 0 Å². The fourth-order valence-electron chi connectivity index (χ4n) is 2.25. The Morgan fingerprint density at radius 3 is 2.80 bits per heavy atom. The maximum atomic E-state index is 3.90. The molecule has 1 aliphatic rings. The SMILES string of the molecule is C=C/C=C\C(=C)C#CC1=CC=C(C(C)CCCC)CC1. The van der Waals surface area contributed by atoms with E-state index in [1.54, 1.807) is 11.6 Å². The third kappa shape index (κ3) is 5.93. The third-order valence-corrected chi connectivity index (χ3v) is 3.62. The predicted molar refractivity (Wildman–Crippen MR) is 90.3 cm³/mol. The Balaban J connectivity index is 2.60. The van der Waals surface area contributed by atoms with Gasteiger partial charge in [-0.3, -0.25) is 0 Å². The van der Waals surface area contributed by atoms with Crippen LogP contribution in [0.15, 0.2) is 60.3 Å². The predicted octanol–water partition coefficient (Wildman–Crippen LogP) is 5.76. The fraction of sp³-hybridized carbons (Fsp3) is 0.400. The van der Waals surface area contributed by atoms with E-state index >= 15 is 0 Å². The highest BCUT2D eigenvalue weighted by atomic mass is 14.2. The molecule has 0 heterocycles. The first kappa shape index (κ1) is 16.3. The topological polar surface area (TPSA) is 0 Å². The van der Waals surface area contributed by atoms with E-state index in [1.807, 2.05) is 12.2 Å². The molecular formula is C20H26. The monoisotopic (exact) mass is 266 g/mol. The van der Waals surface area contributed by atoms with Crippen molar-refractivity contribution in [1.29, 1.82) is 0 Å².